The van der Waals surface area contributed by atoms with Crippen LogP contribution in [0, 0.1) is 11.8 Å². The van der Waals surface area contributed by atoms with E-state index in [-0.39, 0.29) is 5.15 Å². The maximum atomic E-state index is 10.3. The van der Waals surface area contributed by atoms with Gasteiger partial charge in [-0.3, -0.25) is 4.79 Å². The third-order valence-corrected chi connectivity index (χ3v) is 1.48. The highest BCUT2D eigenvalue weighted by Crippen LogP contribution is 2.13. The van der Waals surface area contributed by atoms with E-state index in [0.717, 1.165) is 0 Å². The van der Waals surface area contributed by atoms with E-state index >= 15 is 0 Å². The molecule has 0 aliphatic heterocycles. The molecule has 0 fully saturated rings. The Morgan fingerprint density at radius 1 is 1.62 bits per heavy atom. The van der Waals surface area contributed by atoms with Crippen molar-refractivity contribution in [3.8, 4) is 11.8 Å². The molecule has 0 aromatic carbocycles. The van der Waals surface area contributed by atoms with Crippen LogP contribution < -0.4 is 11.5 Å². The number of halogens is 1. The number of carbonyl (C=O) groups is 1. The van der Waals surface area contributed by atoms with E-state index in [4.69, 9.17) is 23.1 Å². The minimum Gasteiger partial charge on any atom is -0.397 e. The van der Waals surface area contributed by atoms with E-state index in [1.807, 2.05) is 0 Å². The molecule has 1 aromatic rings. The van der Waals surface area contributed by atoms with Crippen molar-refractivity contribution < 1.29 is 4.79 Å². The normalized spacial score (nSPS) is 8.69. The van der Waals surface area contributed by atoms with Gasteiger partial charge in [0.2, 0.25) is 0 Å². The molecule has 0 saturated carbocycles. The van der Waals surface area contributed by atoms with Gasteiger partial charge in [-0.2, -0.15) is 0 Å². The lowest BCUT2D eigenvalue weighted by atomic mass is 10.2. The zero-order chi connectivity index (χ0) is 9.84. The summed E-state index contributed by atoms with van der Waals surface area (Å²) in [6.07, 6.45) is 1.40. The molecule has 0 spiro atoms. The van der Waals surface area contributed by atoms with Gasteiger partial charge in [0.15, 0.2) is 0 Å². The molecule has 1 amide bonds. The third-order valence-electron chi connectivity index (χ3n) is 1.18. The largest absolute Gasteiger partial charge is 0.397 e. The molecule has 0 bridgehead atoms. The molecule has 4 nitrogen and oxygen atoms in total. The number of hydrogen-bond acceptors (Lipinski definition) is 3. The first-order valence-corrected chi connectivity index (χ1v) is 3.70. The Morgan fingerprint density at radius 3 is 2.92 bits per heavy atom. The number of hydrogen-bond donors (Lipinski definition) is 2. The topological polar surface area (TPSA) is 82.0 Å². The number of aromatic nitrogens is 1. The summed E-state index contributed by atoms with van der Waals surface area (Å²) in [7, 11) is 0. The fourth-order valence-corrected chi connectivity index (χ4v) is 0.831. The van der Waals surface area contributed by atoms with Gasteiger partial charge in [-0.15, -0.1) is 0 Å². The van der Waals surface area contributed by atoms with Crippen molar-refractivity contribution in [2.45, 2.75) is 0 Å². The van der Waals surface area contributed by atoms with E-state index in [1.165, 1.54) is 12.3 Å². The number of anilines is 1. The van der Waals surface area contributed by atoms with Gasteiger partial charge in [-0.05, 0) is 6.07 Å². The van der Waals surface area contributed by atoms with Crippen molar-refractivity contribution in [1.29, 1.82) is 0 Å². The van der Waals surface area contributed by atoms with Crippen LogP contribution in [0.2, 0.25) is 5.15 Å². The van der Waals surface area contributed by atoms with Crippen molar-refractivity contribution in [1.82, 2.24) is 4.98 Å². The quantitative estimate of drug-likeness (QED) is 0.457. The fourth-order valence-electron chi connectivity index (χ4n) is 0.681. The standard InChI is InChI=1S/C8H6ClN3O/c9-8-5(1-2-7(11)13)3-6(10)4-12-8/h3-4H,10H2,(H2,11,13). The lowest BCUT2D eigenvalue weighted by Gasteiger charge is -1.95. The summed E-state index contributed by atoms with van der Waals surface area (Å²) in [5, 5.41) is 0.197. The Labute approximate surface area is 79.9 Å². The second-order valence-corrected chi connectivity index (χ2v) is 2.58. The third kappa shape index (κ3) is 2.65. The van der Waals surface area contributed by atoms with E-state index in [2.05, 4.69) is 16.8 Å². The Morgan fingerprint density at radius 2 is 2.31 bits per heavy atom. The summed E-state index contributed by atoms with van der Waals surface area (Å²) in [5.41, 5.74) is 11.1. The number of nitrogens with zero attached hydrogens (tertiary/aromatic N) is 1. The maximum absolute atomic E-state index is 10.3. The minimum atomic E-state index is -0.724. The second-order valence-electron chi connectivity index (χ2n) is 2.22. The fraction of sp³-hybridized carbons (Fsp3) is 0. The van der Waals surface area contributed by atoms with Gasteiger partial charge < -0.3 is 11.5 Å². The highest BCUT2D eigenvalue weighted by molar-refractivity contribution is 6.30. The van der Waals surface area contributed by atoms with Crippen LogP contribution in [0.5, 0.6) is 0 Å². The molecule has 66 valence electrons. The van der Waals surface area contributed by atoms with Crippen LogP contribution >= 0.6 is 11.6 Å². The second kappa shape index (κ2) is 3.78. The molecule has 0 atom stereocenters. The summed E-state index contributed by atoms with van der Waals surface area (Å²) in [5.74, 6) is 3.87. The van der Waals surface area contributed by atoms with Crippen molar-refractivity contribution in [3.05, 3.63) is 23.0 Å². The zero-order valence-electron chi connectivity index (χ0n) is 6.54. The van der Waals surface area contributed by atoms with E-state index in [1.54, 1.807) is 0 Å². The molecular weight excluding hydrogens is 190 g/mol. The first kappa shape index (κ1) is 9.36. The number of amides is 1. The van der Waals surface area contributed by atoms with Crippen molar-refractivity contribution in [3.63, 3.8) is 0 Å². The first-order chi connectivity index (χ1) is 6.09. The smallest absolute Gasteiger partial charge is 0.293 e. The molecule has 0 aliphatic carbocycles. The van der Waals surface area contributed by atoms with E-state index in [0.29, 0.717) is 11.3 Å². The average molecular weight is 196 g/mol. The number of primary amides is 1. The molecule has 1 heterocycles. The highest BCUT2D eigenvalue weighted by atomic mass is 35.5. The van der Waals surface area contributed by atoms with E-state index < -0.39 is 5.91 Å². The van der Waals surface area contributed by atoms with Crippen molar-refractivity contribution in [2.75, 3.05) is 5.73 Å². The average Bonchev–Trinajstić information content (AvgIpc) is 2.06. The number of rotatable bonds is 0. The molecule has 1 rings (SSSR count). The maximum Gasteiger partial charge on any atom is 0.293 e. The Balaban J connectivity index is 3.09. The monoisotopic (exact) mass is 195 g/mol. The highest BCUT2D eigenvalue weighted by Gasteiger charge is 1.98. The number of nitrogens with two attached hydrogens (primary N) is 2. The van der Waals surface area contributed by atoms with Crippen molar-refractivity contribution >= 4 is 23.2 Å². The summed E-state index contributed by atoms with van der Waals surface area (Å²) in [6, 6.07) is 1.52. The molecular formula is C8H6ClN3O. The van der Waals surface area contributed by atoms with Gasteiger partial charge in [0.25, 0.3) is 5.91 Å². The van der Waals surface area contributed by atoms with Crippen LogP contribution in [-0.4, -0.2) is 10.9 Å². The molecule has 0 aliphatic rings. The van der Waals surface area contributed by atoms with Gasteiger partial charge in [-0.25, -0.2) is 4.98 Å². The predicted octanol–water partition coefficient (Wildman–Crippen LogP) is 0.154. The first-order valence-electron chi connectivity index (χ1n) is 3.32. The predicted molar refractivity (Wildman–Crippen MR) is 49.7 cm³/mol. The van der Waals surface area contributed by atoms with Gasteiger partial charge in [0.05, 0.1) is 17.4 Å². The Hall–Kier alpha value is -1.73. The summed E-state index contributed by atoms with van der Waals surface area (Å²) < 4.78 is 0. The van der Waals surface area contributed by atoms with Gasteiger partial charge in [-0.1, -0.05) is 17.5 Å². The molecule has 4 N–H and O–H groups in total. The molecule has 5 heteroatoms. The lowest BCUT2D eigenvalue weighted by Crippen LogP contribution is -2.06. The Kier molecular flexibility index (Phi) is 2.72. The van der Waals surface area contributed by atoms with Gasteiger partial charge in [0, 0.05) is 5.92 Å². The summed E-state index contributed by atoms with van der Waals surface area (Å²) >= 11 is 5.66. The summed E-state index contributed by atoms with van der Waals surface area (Å²) in [6.45, 7) is 0. The van der Waals surface area contributed by atoms with Crippen LogP contribution in [0.25, 0.3) is 0 Å². The van der Waals surface area contributed by atoms with Gasteiger partial charge in [0.1, 0.15) is 5.15 Å². The molecule has 1 aromatic heterocycles. The van der Waals surface area contributed by atoms with Crippen LogP contribution in [0.4, 0.5) is 5.69 Å². The van der Waals surface area contributed by atoms with E-state index in [9.17, 15) is 4.79 Å². The van der Waals surface area contributed by atoms with Gasteiger partial charge >= 0.3 is 0 Å². The summed E-state index contributed by atoms with van der Waals surface area (Å²) in [4.78, 5) is 14.1. The number of nitrogen functional groups attached to an aromatic ring is 1. The SMILES string of the molecule is NC(=O)C#Cc1cc(N)cnc1Cl. The molecule has 0 saturated heterocycles. The van der Waals surface area contributed by atoms with Crippen LogP contribution in [0.3, 0.4) is 0 Å². The minimum absolute atomic E-state index is 0.197. The van der Waals surface area contributed by atoms with Crippen LogP contribution in [0.15, 0.2) is 12.3 Å². The molecule has 0 unspecified atom stereocenters. The number of carbonyl (C=O) groups excluding carboxylic acids is 1. The lowest BCUT2D eigenvalue weighted by molar-refractivity contribution is -0.112. The molecule has 13 heavy (non-hydrogen) atoms. The molecule has 0 radical (unpaired) electrons. The number of pyridine rings is 1. The van der Waals surface area contributed by atoms with Crippen LogP contribution in [-0.2, 0) is 4.79 Å². The van der Waals surface area contributed by atoms with Crippen LogP contribution in [0.1, 0.15) is 5.56 Å². The zero-order valence-corrected chi connectivity index (χ0v) is 7.30. The Bertz CT molecular complexity index is 406. The van der Waals surface area contributed by atoms with Crippen molar-refractivity contribution in [2.24, 2.45) is 5.73 Å².